The normalized spacial score (nSPS) is 16.6. The molecular formula is C4H10O3S3. The fraction of sp³-hybridized carbons (Fsp3) is 1.00. The maximum absolute atomic E-state index is 10.3. The van der Waals surface area contributed by atoms with E-state index in [1.807, 2.05) is 6.92 Å². The summed E-state index contributed by atoms with van der Waals surface area (Å²) >= 11 is 5.73. The van der Waals surface area contributed by atoms with Crippen LogP contribution in [0.15, 0.2) is 0 Å². The van der Waals surface area contributed by atoms with E-state index in [9.17, 15) is 4.21 Å². The van der Waals surface area contributed by atoms with Crippen molar-refractivity contribution in [3.05, 3.63) is 0 Å². The first-order valence-electron chi connectivity index (χ1n) is 2.76. The molecule has 0 amide bonds. The van der Waals surface area contributed by atoms with Crippen LogP contribution in [-0.4, -0.2) is 26.9 Å². The van der Waals surface area contributed by atoms with Crippen molar-refractivity contribution < 1.29 is 12.9 Å². The molecule has 3 nitrogen and oxygen atoms in total. The molecule has 1 N–H and O–H groups in total. The van der Waals surface area contributed by atoms with Gasteiger partial charge in [-0.15, -0.1) is 0 Å². The minimum atomic E-state index is -3.38. The molecule has 0 aliphatic carbocycles. The Kier molecular flexibility index (Phi) is 5.65. The summed E-state index contributed by atoms with van der Waals surface area (Å²) in [4.78, 5) is 0. The van der Waals surface area contributed by atoms with Crippen LogP contribution in [0.25, 0.3) is 0 Å². The van der Waals surface area contributed by atoms with Gasteiger partial charge in [0.2, 0.25) is 0 Å². The third kappa shape index (κ3) is 8.64. The molecule has 0 radical (unpaired) electrons. The Hall–Kier alpha value is 0.640. The van der Waals surface area contributed by atoms with E-state index in [0.717, 1.165) is 5.75 Å². The zero-order valence-electron chi connectivity index (χ0n) is 5.61. The topological polar surface area (TPSA) is 46.5 Å². The van der Waals surface area contributed by atoms with Gasteiger partial charge in [0.15, 0.2) is 0 Å². The second kappa shape index (κ2) is 5.31. The van der Waals surface area contributed by atoms with Crippen molar-refractivity contribution in [3.63, 3.8) is 0 Å². The van der Waals surface area contributed by atoms with E-state index in [0.29, 0.717) is 5.75 Å². The smallest absolute Gasteiger partial charge is 0.266 e. The van der Waals surface area contributed by atoms with Crippen molar-refractivity contribution in [2.75, 3.05) is 18.1 Å². The van der Waals surface area contributed by atoms with Gasteiger partial charge in [-0.1, -0.05) is 6.92 Å². The first-order chi connectivity index (χ1) is 4.56. The molecule has 0 aromatic carbocycles. The van der Waals surface area contributed by atoms with Crippen LogP contribution >= 0.6 is 11.8 Å². The Bertz CT molecular complexity index is 163. The van der Waals surface area contributed by atoms with Gasteiger partial charge in [-0.25, -0.2) is 0 Å². The molecule has 0 heterocycles. The van der Waals surface area contributed by atoms with Gasteiger partial charge in [0.1, 0.15) is 0 Å². The SMILES string of the molecule is CCSCCOS(=O)(O)=S. The van der Waals surface area contributed by atoms with E-state index < -0.39 is 9.05 Å². The number of hydrogen-bond acceptors (Lipinski definition) is 4. The van der Waals surface area contributed by atoms with Crippen LogP contribution in [0.1, 0.15) is 6.92 Å². The maximum atomic E-state index is 10.3. The predicted octanol–water partition coefficient (Wildman–Crippen LogP) is 0.890. The van der Waals surface area contributed by atoms with Crippen molar-refractivity contribution >= 4 is 32.0 Å². The number of hydrogen-bond donors (Lipinski definition) is 1. The third-order valence-corrected chi connectivity index (χ3v) is 2.28. The minimum Gasteiger partial charge on any atom is -0.285 e. The standard InChI is InChI=1S/C4H10O3S3/c1-2-9-4-3-7-10(5,6)8/h2-4H2,1H3,(H,5,6,8). The molecule has 0 bridgehead atoms. The van der Waals surface area contributed by atoms with Gasteiger partial charge in [0.05, 0.1) is 6.61 Å². The number of thioether (sulfide) groups is 1. The first kappa shape index (κ1) is 10.6. The lowest BCUT2D eigenvalue weighted by Crippen LogP contribution is -2.05. The maximum Gasteiger partial charge on any atom is 0.266 e. The van der Waals surface area contributed by atoms with E-state index in [1.165, 1.54) is 0 Å². The quantitative estimate of drug-likeness (QED) is 0.671. The van der Waals surface area contributed by atoms with Gasteiger partial charge < -0.3 is 0 Å². The summed E-state index contributed by atoms with van der Waals surface area (Å²) in [7, 11) is -3.38. The number of rotatable bonds is 5. The van der Waals surface area contributed by atoms with E-state index >= 15 is 0 Å². The average molecular weight is 202 g/mol. The Labute approximate surface area is 70.2 Å². The molecule has 0 fully saturated rings. The summed E-state index contributed by atoms with van der Waals surface area (Å²) in [5.74, 6) is 1.69. The van der Waals surface area contributed by atoms with E-state index in [2.05, 4.69) is 15.4 Å². The van der Waals surface area contributed by atoms with Crippen LogP contribution in [0.2, 0.25) is 0 Å². The summed E-state index contributed by atoms with van der Waals surface area (Å²) in [5.41, 5.74) is 0. The summed E-state index contributed by atoms with van der Waals surface area (Å²) < 4.78 is 23.1. The molecule has 0 saturated carbocycles. The van der Waals surface area contributed by atoms with Gasteiger partial charge >= 0.3 is 0 Å². The summed E-state index contributed by atoms with van der Waals surface area (Å²) in [6.45, 7) is 2.26. The molecular weight excluding hydrogens is 192 g/mol. The lowest BCUT2D eigenvalue weighted by atomic mass is 10.9. The zero-order valence-corrected chi connectivity index (χ0v) is 8.06. The van der Waals surface area contributed by atoms with Crippen LogP contribution < -0.4 is 0 Å². The van der Waals surface area contributed by atoms with E-state index in [4.69, 9.17) is 4.55 Å². The van der Waals surface area contributed by atoms with Crippen molar-refractivity contribution in [2.24, 2.45) is 0 Å². The fourth-order valence-corrected chi connectivity index (χ4v) is 1.44. The van der Waals surface area contributed by atoms with Crippen LogP contribution in [0.5, 0.6) is 0 Å². The molecule has 0 saturated heterocycles. The van der Waals surface area contributed by atoms with Crippen LogP contribution in [-0.2, 0) is 24.4 Å². The van der Waals surface area contributed by atoms with Crippen LogP contribution in [0.3, 0.4) is 0 Å². The summed E-state index contributed by atoms with van der Waals surface area (Å²) in [6.07, 6.45) is 0. The van der Waals surface area contributed by atoms with Gasteiger partial charge in [0.25, 0.3) is 9.05 Å². The van der Waals surface area contributed by atoms with Gasteiger partial charge in [-0.3, -0.25) is 8.74 Å². The second-order valence-corrected chi connectivity index (χ2v) is 5.20. The lowest BCUT2D eigenvalue weighted by Gasteiger charge is -1.99. The van der Waals surface area contributed by atoms with Crippen molar-refractivity contribution in [3.8, 4) is 0 Å². The van der Waals surface area contributed by atoms with Gasteiger partial charge in [-0.2, -0.15) is 16.0 Å². The fourth-order valence-electron chi connectivity index (χ4n) is 0.343. The Balaban J connectivity index is 3.21. The van der Waals surface area contributed by atoms with Crippen LogP contribution in [0, 0.1) is 0 Å². The Morgan fingerprint density at radius 2 is 2.40 bits per heavy atom. The molecule has 1 atom stereocenters. The highest BCUT2D eigenvalue weighted by atomic mass is 32.9. The first-order valence-corrected chi connectivity index (χ1v) is 6.28. The summed E-state index contributed by atoms with van der Waals surface area (Å²) in [6, 6.07) is 0. The van der Waals surface area contributed by atoms with Crippen molar-refractivity contribution in [1.29, 1.82) is 0 Å². The molecule has 0 rings (SSSR count). The van der Waals surface area contributed by atoms with Gasteiger partial charge in [0, 0.05) is 16.9 Å². The molecule has 0 spiro atoms. The second-order valence-electron chi connectivity index (χ2n) is 1.45. The van der Waals surface area contributed by atoms with E-state index in [1.54, 1.807) is 11.8 Å². The molecule has 62 valence electrons. The molecule has 6 heteroatoms. The van der Waals surface area contributed by atoms with E-state index in [-0.39, 0.29) is 6.61 Å². The molecule has 0 aliphatic rings. The molecule has 0 aliphatic heterocycles. The molecule has 10 heavy (non-hydrogen) atoms. The molecule has 0 aromatic rings. The average Bonchev–Trinajstić information content (AvgIpc) is 1.78. The summed E-state index contributed by atoms with van der Waals surface area (Å²) in [5, 5.41) is 0. The highest BCUT2D eigenvalue weighted by Crippen LogP contribution is 1.98. The molecule has 1 unspecified atom stereocenters. The Morgan fingerprint density at radius 1 is 1.80 bits per heavy atom. The third-order valence-electron chi connectivity index (χ3n) is 0.664. The largest absolute Gasteiger partial charge is 0.285 e. The van der Waals surface area contributed by atoms with Crippen molar-refractivity contribution in [2.45, 2.75) is 6.92 Å². The lowest BCUT2D eigenvalue weighted by molar-refractivity contribution is 0.325. The zero-order chi connectivity index (χ0) is 8.04. The highest BCUT2D eigenvalue weighted by Gasteiger charge is 1.97. The van der Waals surface area contributed by atoms with Crippen molar-refractivity contribution in [1.82, 2.24) is 0 Å². The molecule has 0 aromatic heterocycles. The minimum absolute atomic E-state index is 0.247. The predicted molar refractivity (Wildman–Crippen MR) is 47.1 cm³/mol. The Morgan fingerprint density at radius 3 is 2.80 bits per heavy atom. The monoisotopic (exact) mass is 202 g/mol. The highest BCUT2D eigenvalue weighted by molar-refractivity contribution is 8.27. The van der Waals surface area contributed by atoms with Gasteiger partial charge in [-0.05, 0) is 5.75 Å². The van der Waals surface area contributed by atoms with Crippen LogP contribution in [0.4, 0.5) is 0 Å².